The normalized spacial score (nSPS) is 15.0. The Morgan fingerprint density at radius 1 is 1.06 bits per heavy atom. The molecule has 0 amide bonds. The van der Waals surface area contributed by atoms with E-state index in [9.17, 15) is 27.5 Å². The molecule has 1 unspecified atom stereocenters. The van der Waals surface area contributed by atoms with Gasteiger partial charge in [0.25, 0.3) is 0 Å². The van der Waals surface area contributed by atoms with Crippen molar-refractivity contribution in [2.75, 3.05) is 0 Å². The minimum atomic E-state index is -4.93. The van der Waals surface area contributed by atoms with Gasteiger partial charge in [0, 0.05) is 18.4 Å². The van der Waals surface area contributed by atoms with Crippen molar-refractivity contribution in [1.82, 2.24) is 0 Å². The van der Waals surface area contributed by atoms with Crippen LogP contribution in [0.5, 0.6) is 0 Å². The van der Waals surface area contributed by atoms with E-state index in [1.54, 1.807) is 0 Å². The molecule has 0 bridgehead atoms. The minimum Gasteiger partial charge on any atom is -0.380 e. The number of ketones is 1. The number of aryl methyl sites for hydroxylation is 1. The third kappa shape index (κ3) is 7.78. The zero-order chi connectivity index (χ0) is 27.5. The third-order valence-corrected chi connectivity index (χ3v) is 7.18. The predicted octanol–water partition coefficient (Wildman–Crippen LogP) is 7.74. The van der Waals surface area contributed by atoms with Crippen LogP contribution in [0.3, 0.4) is 0 Å². The SMILES string of the molecule is Cc1ccc([C@H](C)CC(=O)c2cc(F)ccc2C(C)(C)CC(O)(CC#C[Si](C)(C)C)C(F)(F)F)cc1. The maximum atomic E-state index is 14.2. The second-order valence-electron chi connectivity index (χ2n) is 11.4. The van der Waals surface area contributed by atoms with Crippen LogP contribution in [0.15, 0.2) is 42.5 Å². The van der Waals surface area contributed by atoms with E-state index in [0.29, 0.717) is 0 Å². The molecule has 2 rings (SSSR count). The van der Waals surface area contributed by atoms with Crippen LogP contribution in [-0.4, -0.2) is 30.7 Å². The largest absolute Gasteiger partial charge is 0.418 e. The Labute approximate surface area is 213 Å². The van der Waals surface area contributed by atoms with Gasteiger partial charge >= 0.3 is 6.18 Å². The average molecular weight is 521 g/mol. The molecule has 0 aliphatic heterocycles. The van der Waals surface area contributed by atoms with Gasteiger partial charge in [0.2, 0.25) is 0 Å². The predicted molar refractivity (Wildman–Crippen MR) is 139 cm³/mol. The first-order valence-corrected chi connectivity index (χ1v) is 15.5. The van der Waals surface area contributed by atoms with E-state index in [1.807, 2.05) is 57.8 Å². The lowest BCUT2D eigenvalue weighted by atomic mass is 9.71. The van der Waals surface area contributed by atoms with Crippen LogP contribution >= 0.6 is 0 Å². The van der Waals surface area contributed by atoms with Gasteiger partial charge in [-0.25, -0.2) is 4.39 Å². The topological polar surface area (TPSA) is 37.3 Å². The number of rotatable bonds is 8. The lowest BCUT2D eigenvalue weighted by molar-refractivity contribution is -0.264. The first-order valence-electron chi connectivity index (χ1n) is 12.0. The van der Waals surface area contributed by atoms with Crippen molar-refractivity contribution in [2.24, 2.45) is 0 Å². The Bertz CT molecular complexity index is 1140. The van der Waals surface area contributed by atoms with Crippen LogP contribution < -0.4 is 0 Å². The molecule has 2 aromatic carbocycles. The van der Waals surface area contributed by atoms with Crippen molar-refractivity contribution in [3.8, 4) is 11.5 Å². The highest BCUT2D eigenvalue weighted by atomic mass is 28.3. The van der Waals surface area contributed by atoms with Crippen LogP contribution in [0, 0.1) is 24.2 Å². The van der Waals surface area contributed by atoms with Crippen molar-refractivity contribution >= 4 is 13.9 Å². The van der Waals surface area contributed by atoms with Gasteiger partial charge in [0.15, 0.2) is 11.4 Å². The fourth-order valence-corrected chi connectivity index (χ4v) is 4.90. The summed E-state index contributed by atoms with van der Waals surface area (Å²) in [4.78, 5) is 13.3. The summed E-state index contributed by atoms with van der Waals surface area (Å²) < 4.78 is 56.4. The number of aliphatic hydroxyl groups is 1. The number of alkyl halides is 3. The van der Waals surface area contributed by atoms with Gasteiger partial charge in [0.05, 0.1) is 0 Å². The zero-order valence-corrected chi connectivity index (χ0v) is 23.1. The molecule has 0 aromatic heterocycles. The van der Waals surface area contributed by atoms with Crippen LogP contribution in [0.4, 0.5) is 17.6 Å². The molecule has 0 spiro atoms. The summed E-state index contributed by atoms with van der Waals surface area (Å²) in [5.74, 6) is 1.38. The second kappa shape index (κ2) is 10.9. The third-order valence-electron chi connectivity index (χ3n) is 6.26. The Hall–Kier alpha value is -2.43. The average Bonchev–Trinajstić information content (AvgIpc) is 2.71. The van der Waals surface area contributed by atoms with Gasteiger partial charge in [-0.05, 0) is 47.9 Å². The molecular formula is C29H36F4O2Si. The molecule has 0 fully saturated rings. The fraction of sp³-hybridized carbons (Fsp3) is 0.483. The lowest BCUT2D eigenvalue weighted by Gasteiger charge is -2.37. The van der Waals surface area contributed by atoms with Gasteiger partial charge in [-0.3, -0.25) is 4.79 Å². The molecule has 36 heavy (non-hydrogen) atoms. The molecule has 0 aliphatic carbocycles. The summed E-state index contributed by atoms with van der Waals surface area (Å²) in [7, 11) is -1.94. The summed E-state index contributed by atoms with van der Waals surface area (Å²) >= 11 is 0. The van der Waals surface area contributed by atoms with E-state index >= 15 is 0 Å². The number of hydrogen-bond acceptors (Lipinski definition) is 2. The van der Waals surface area contributed by atoms with Crippen molar-refractivity contribution in [3.05, 3.63) is 70.5 Å². The molecule has 2 nitrogen and oxygen atoms in total. The lowest BCUT2D eigenvalue weighted by Crippen LogP contribution is -2.49. The molecule has 0 heterocycles. The van der Waals surface area contributed by atoms with E-state index in [4.69, 9.17) is 0 Å². The Morgan fingerprint density at radius 3 is 2.17 bits per heavy atom. The quantitative estimate of drug-likeness (QED) is 0.167. The van der Waals surface area contributed by atoms with Gasteiger partial charge in [-0.1, -0.05) is 76.3 Å². The molecule has 196 valence electrons. The van der Waals surface area contributed by atoms with E-state index in [0.717, 1.165) is 23.3 Å². The second-order valence-corrected chi connectivity index (χ2v) is 16.2. The number of benzene rings is 2. The van der Waals surface area contributed by atoms with Crippen LogP contribution in [0.1, 0.15) is 73.0 Å². The van der Waals surface area contributed by atoms with Crippen molar-refractivity contribution < 1.29 is 27.5 Å². The molecular weight excluding hydrogens is 484 g/mol. The number of Topliss-reactive ketones (excluding diaryl/α,β-unsaturated/α-hetero) is 1. The van der Waals surface area contributed by atoms with Crippen LogP contribution in [0.2, 0.25) is 19.6 Å². The fourth-order valence-electron chi connectivity index (χ4n) is 4.28. The first kappa shape index (κ1) is 29.8. The van der Waals surface area contributed by atoms with Crippen molar-refractivity contribution in [1.29, 1.82) is 0 Å². The van der Waals surface area contributed by atoms with E-state index in [-0.39, 0.29) is 29.2 Å². The zero-order valence-electron chi connectivity index (χ0n) is 22.1. The summed E-state index contributed by atoms with van der Waals surface area (Å²) in [5, 5.41) is 10.8. The van der Waals surface area contributed by atoms with E-state index in [1.165, 1.54) is 19.9 Å². The van der Waals surface area contributed by atoms with Crippen LogP contribution in [0.25, 0.3) is 0 Å². The molecule has 1 N–H and O–H groups in total. The number of carbonyl (C=O) groups is 1. The van der Waals surface area contributed by atoms with E-state index < -0.39 is 43.9 Å². The highest BCUT2D eigenvalue weighted by molar-refractivity contribution is 6.83. The Kier molecular flexibility index (Phi) is 9.02. The molecule has 2 aromatic rings. The number of hydrogen-bond donors (Lipinski definition) is 1. The molecule has 0 aliphatic rings. The minimum absolute atomic E-state index is 0.0386. The number of carbonyl (C=O) groups excluding carboxylic acids is 1. The summed E-state index contributed by atoms with van der Waals surface area (Å²) in [6, 6.07) is 11.3. The highest BCUT2D eigenvalue weighted by Crippen LogP contribution is 2.44. The summed E-state index contributed by atoms with van der Waals surface area (Å²) in [5.41, 5.74) is 0.840. The standard InChI is InChI=1S/C29H36F4O2Si/c1-20-9-11-22(12-10-20)21(2)17-26(34)24-18-23(30)13-14-25(24)27(3,4)19-28(35,29(31,32)33)15-8-16-36(5,6)7/h9-14,18,21,35H,15,17,19H2,1-7H3/t21-,28?/m1/s1. The molecule has 0 radical (unpaired) electrons. The van der Waals surface area contributed by atoms with Gasteiger partial charge in [-0.15, -0.1) is 11.5 Å². The first-order chi connectivity index (χ1) is 16.3. The monoisotopic (exact) mass is 520 g/mol. The Balaban J connectivity index is 2.42. The van der Waals surface area contributed by atoms with Crippen molar-refractivity contribution in [2.45, 2.75) is 89.7 Å². The number of halogens is 4. The molecule has 0 saturated heterocycles. The molecule has 2 atom stereocenters. The maximum Gasteiger partial charge on any atom is 0.418 e. The summed E-state index contributed by atoms with van der Waals surface area (Å²) in [6.45, 7) is 12.6. The maximum absolute atomic E-state index is 14.2. The molecule has 7 heteroatoms. The highest BCUT2D eigenvalue weighted by Gasteiger charge is 2.55. The van der Waals surface area contributed by atoms with Crippen LogP contribution in [-0.2, 0) is 5.41 Å². The smallest absolute Gasteiger partial charge is 0.380 e. The van der Waals surface area contributed by atoms with Crippen molar-refractivity contribution in [3.63, 3.8) is 0 Å². The molecule has 0 saturated carbocycles. The summed E-state index contributed by atoms with van der Waals surface area (Å²) in [6.07, 6.45) is -6.34. The van der Waals surface area contributed by atoms with Gasteiger partial charge in [-0.2, -0.15) is 13.2 Å². The van der Waals surface area contributed by atoms with Gasteiger partial charge in [0.1, 0.15) is 13.9 Å². The van der Waals surface area contributed by atoms with E-state index in [2.05, 4.69) is 11.5 Å². The Morgan fingerprint density at radius 2 is 1.64 bits per heavy atom. The van der Waals surface area contributed by atoms with Gasteiger partial charge < -0.3 is 5.11 Å².